The standard InChI is InChI=1S/C37H43N5O4/c1-5-24-21-27(14-15-28(24)25-17-19-41(20-18-25)37(45)46-23(3)4)39-32-16-13-26-9-7-10-29(35(26)32)31-11-8-12-34(40-31)42-33(6-2)30(22-38-42)36(43)44/h7-12,14-15,21-23,25,32,39H,5-6,13,16-20H2,1-4H3,(H,43,44). The zero-order chi connectivity index (χ0) is 32.4. The highest BCUT2D eigenvalue weighted by molar-refractivity contribution is 5.88. The summed E-state index contributed by atoms with van der Waals surface area (Å²) in [5, 5.41) is 17.8. The number of hydrogen-bond donors (Lipinski definition) is 2. The number of anilines is 1. The fourth-order valence-electron chi connectivity index (χ4n) is 7.09. The van der Waals surface area contributed by atoms with Crippen molar-refractivity contribution in [1.82, 2.24) is 19.7 Å². The summed E-state index contributed by atoms with van der Waals surface area (Å²) in [4.78, 5) is 30.9. The molecule has 0 saturated carbocycles. The van der Waals surface area contributed by atoms with E-state index in [1.165, 1.54) is 28.5 Å². The van der Waals surface area contributed by atoms with Crippen LogP contribution in [0.3, 0.4) is 0 Å². The summed E-state index contributed by atoms with van der Waals surface area (Å²) >= 11 is 0. The first kappa shape index (κ1) is 31.3. The first-order valence-electron chi connectivity index (χ1n) is 16.5. The molecule has 2 aromatic carbocycles. The number of aryl methyl sites for hydroxylation is 2. The Kier molecular flexibility index (Phi) is 9.10. The minimum atomic E-state index is -0.984. The topological polar surface area (TPSA) is 110 Å². The maximum absolute atomic E-state index is 12.4. The number of aromatic nitrogens is 3. The number of amides is 1. The Bertz CT molecular complexity index is 1740. The molecule has 0 radical (unpaired) electrons. The molecule has 1 atom stereocenters. The molecule has 9 heteroatoms. The van der Waals surface area contributed by atoms with E-state index in [2.05, 4.69) is 53.7 Å². The Morgan fingerprint density at radius 1 is 1.02 bits per heavy atom. The summed E-state index contributed by atoms with van der Waals surface area (Å²) in [6.07, 6.45) is 6.42. The maximum atomic E-state index is 12.4. The van der Waals surface area contributed by atoms with Gasteiger partial charge in [0.15, 0.2) is 5.82 Å². The minimum Gasteiger partial charge on any atom is -0.478 e. The predicted octanol–water partition coefficient (Wildman–Crippen LogP) is 7.58. The first-order chi connectivity index (χ1) is 22.3. The Morgan fingerprint density at radius 3 is 2.52 bits per heavy atom. The largest absolute Gasteiger partial charge is 0.478 e. The number of fused-ring (bicyclic) bond motifs is 1. The van der Waals surface area contributed by atoms with E-state index < -0.39 is 5.97 Å². The predicted molar refractivity (Wildman–Crippen MR) is 179 cm³/mol. The zero-order valence-corrected chi connectivity index (χ0v) is 27.1. The molecule has 2 N–H and O–H groups in total. The summed E-state index contributed by atoms with van der Waals surface area (Å²) in [6, 6.07) is 19.2. The molecule has 2 aromatic heterocycles. The van der Waals surface area contributed by atoms with Crippen LogP contribution < -0.4 is 5.32 Å². The summed E-state index contributed by atoms with van der Waals surface area (Å²) in [6.45, 7) is 9.35. The van der Waals surface area contributed by atoms with Crippen LogP contribution in [-0.2, 0) is 24.0 Å². The van der Waals surface area contributed by atoms with Crippen LogP contribution >= 0.6 is 0 Å². The highest BCUT2D eigenvalue weighted by atomic mass is 16.6. The van der Waals surface area contributed by atoms with Crippen molar-refractivity contribution in [3.05, 3.63) is 94.3 Å². The van der Waals surface area contributed by atoms with Crippen LogP contribution in [0, 0.1) is 0 Å². The van der Waals surface area contributed by atoms with Crippen LogP contribution in [0.2, 0.25) is 0 Å². The first-order valence-corrected chi connectivity index (χ1v) is 16.5. The van der Waals surface area contributed by atoms with E-state index in [9.17, 15) is 14.7 Å². The number of hydrogen-bond acceptors (Lipinski definition) is 6. The van der Waals surface area contributed by atoms with Crippen LogP contribution in [0.25, 0.3) is 17.1 Å². The Morgan fingerprint density at radius 2 is 1.80 bits per heavy atom. The number of carboxylic acid groups (broad SMARTS) is 1. The van der Waals surface area contributed by atoms with E-state index in [1.54, 1.807) is 4.68 Å². The SMILES string of the molecule is CCc1cc(NC2CCc3cccc(-c4cccc(-n5ncc(C(=O)O)c5CC)n4)c32)ccc1C1CCN(C(=O)OC(C)C)CC1. The van der Waals surface area contributed by atoms with Gasteiger partial charge in [-0.05, 0) is 105 Å². The van der Waals surface area contributed by atoms with Gasteiger partial charge < -0.3 is 20.1 Å². The molecule has 2 aliphatic rings. The van der Waals surface area contributed by atoms with E-state index in [-0.39, 0.29) is 23.8 Å². The van der Waals surface area contributed by atoms with Crippen molar-refractivity contribution < 1.29 is 19.4 Å². The van der Waals surface area contributed by atoms with Crippen LogP contribution in [0.4, 0.5) is 10.5 Å². The van der Waals surface area contributed by atoms with Crippen molar-refractivity contribution in [2.45, 2.75) is 84.3 Å². The van der Waals surface area contributed by atoms with Gasteiger partial charge in [-0.15, -0.1) is 0 Å². The molecule has 46 heavy (non-hydrogen) atoms. The van der Waals surface area contributed by atoms with E-state index >= 15 is 0 Å². The number of likely N-dealkylation sites (tertiary alicyclic amines) is 1. The number of ether oxygens (including phenoxy) is 1. The molecule has 1 unspecified atom stereocenters. The van der Waals surface area contributed by atoms with Crippen molar-refractivity contribution in [2.24, 2.45) is 0 Å². The average Bonchev–Trinajstić information content (AvgIpc) is 3.69. The van der Waals surface area contributed by atoms with Gasteiger partial charge in [0.25, 0.3) is 0 Å². The number of pyridine rings is 1. The normalized spacial score (nSPS) is 16.5. The Labute approximate surface area is 270 Å². The fraction of sp³-hybridized carbons (Fsp3) is 0.405. The summed E-state index contributed by atoms with van der Waals surface area (Å²) in [5.41, 5.74) is 9.17. The molecule has 1 fully saturated rings. The summed E-state index contributed by atoms with van der Waals surface area (Å²) < 4.78 is 7.05. The van der Waals surface area contributed by atoms with Gasteiger partial charge in [-0.1, -0.05) is 44.2 Å². The lowest BCUT2D eigenvalue weighted by molar-refractivity contribution is 0.0683. The number of nitrogens with one attached hydrogen (secondary N) is 1. The second kappa shape index (κ2) is 13.4. The van der Waals surface area contributed by atoms with Gasteiger partial charge in [0.05, 0.1) is 29.7 Å². The van der Waals surface area contributed by atoms with Gasteiger partial charge in [0.2, 0.25) is 0 Å². The molecule has 1 saturated heterocycles. The molecular formula is C37H43N5O4. The number of rotatable bonds is 9. The van der Waals surface area contributed by atoms with Crippen molar-refractivity contribution in [3.8, 4) is 17.1 Å². The number of carbonyl (C=O) groups is 2. The number of aromatic carboxylic acids is 1. The molecular weight excluding hydrogens is 578 g/mol. The average molecular weight is 622 g/mol. The lowest BCUT2D eigenvalue weighted by atomic mass is 9.85. The number of benzene rings is 2. The van der Waals surface area contributed by atoms with Gasteiger partial charge in [-0.3, -0.25) is 0 Å². The molecule has 1 aliphatic heterocycles. The molecule has 4 aromatic rings. The zero-order valence-electron chi connectivity index (χ0n) is 27.1. The number of carbonyl (C=O) groups excluding carboxylic acids is 1. The van der Waals surface area contributed by atoms with Crippen LogP contribution in [0.1, 0.15) is 97.2 Å². The monoisotopic (exact) mass is 621 g/mol. The lowest BCUT2D eigenvalue weighted by Gasteiger charge is -2.33. The van der Waals surface area contributed by atoms with Gasteiger partial charge in [0.1, 0.15) is 5.56 Å². The van der Waals surface area contributed by atoms with Crippen molar-refractivity contribution in [1.29, 1.82) is 0 Å². The Balaban J connectivity index is 1.22. The van der Waals surface area contributed by atoms with Crippen molar-refractivity contribution in [2.75, 3.05) is 18.4 Å². The van der Waals surface area contributed by atoms with E-state index in [1.807, 2.05) is 43.9 Å². The van der Waals surface area contributed by atoms with Crippen LogP contribution in [0.15, 0.2) is 60.8 Å². The highest BCUT2D eigenvalue weighted by Crippen LogP contribution is 2.41. The van der Waals surface area contributed by atoms with Crippen LogP contribution in [-0.4, -0.2) is 56.0 Å². The molecule has 240 valence electrons. The maximum Gasteiger partial charge on any atom is 0.410 e. The molecule has 1 aliphatic carbocycles. The Hall–Kier alpha value is -4.66. The van der Waals surface area contributed by atoms with E-state index in [4.69, 9.17) is 9.72 Å². The van der Waals surface area contributed by atoms with Gasteiger partial charge in [0, 0.05) is 24.3 Å². The highest BCUT2D eigenvalue weighted by Gasteiger charge is 2.29. The molecule has 0 spiro atoms. The summed E-state index contributed by atoms with van der Waals surface area (Å²) in [7, 11) is 0. The molecule has 9 nitrogen and oxygen atoms in total. The van der Waals surface area contributed by atoms with E-state index in [0.717, 1.165) is 62.1 Å². The van der Waals surface area contributed by atoms with Gasteiger partial charge in [-0.2, -0.15) is 5.10 Å². The van der Waals surface area contributed by atoms with Crippen molar-refractivity contribution in [3.63, 3.8) is 0 Å². The lowest BCUT2D eigenvalue weighted by Crippen LogP contribution is -2.39. The van der Waals surface area contributed by atoms with E-state index in [0.29, 0.717) is 23.9 Å². The minimum absolute atomic E-state index is 0.105. The third kappa shape index (κ3) is 6.23. The second-order valence-electron chi connectivity index (χ2n) is 12.5. The van der Waals surface area contributed by atoms with Crippen LogP contribution in [0.5, 0.6) is 0 Å². The third-order valence-electron chi connectivity index (χ3n) is 9.30. The summed E-state index contributed by atoms with van der Waals surface area (Å²) in [5.74, 6) is 0.0500. The molecule has 0 bridgehead atoms. The number of carboxylic acids is 1. The number of nitrogens with zero attached hydrogens (tertiary/aromatic N) is 4. The number of piperidine rings is 1. The van der Waals surface area contributed by atoms with Crippen molar-refractivity contribution >= 4 is 17.7 Å². The smallest absolute Gasteiger partial charge is 0.410 e. The van der Waals surface area contributed by atoms with Gasteiger partial charge in [-0.25, -0.2) is 19.3 Å². The molecule has 6 rings (SSSR count). The van der Waals surface area contributed by atoms with Gasteiger partial charge >= 0.3 is 12.1 Å². The second-order valence-corrected chi connectivity index (χ2v) is 12.5. The fourth-order valence-corrected chi connectivity index (χ4v) is 7.09. The quantitative estimate of drug-likeness (QED) is 0.198. The third-order valence-corrected chi connectivity index (χ3v) is 9.30. The molecule has 1 amide bonds. The molecule has 3 heterocycles.